The van der Waals surface area contributed by atoms with Gasteiger partial charge in [-0.2, -0.15) is 0 Å². The summed E-state index contributed by atoms with van der Waals surface area (Å²) in [5.41, 5.74) is 2.16. The van der Waals surface area contributed by atoms with Crippen molar-refractivity contribution in [1.29, 1.82) is 0 Å². The summed E-state index contributed by atoms with van der Waals surface area (Å²) in [6.45, 7) is 7.26. The second-order valence-electron chi connectivity index (χ2n) is 10.3. The van der Waals surface area contributed by atoms with Gasteiger partial charge in [0, 0.05) is 29.6 Å². The summed E-state index contributed by atoms with van der Waals surface area (Å²) >= 11 is 6.18. The van der Waals surface area contributed by atoms with Gasteiger partial charge in [-0.25, -0.2) is 0 Å². The van der Waals surface area contributed by atoms with Crippen molar-refractivity contribution >= 4 is 34.3 Å². The number of Topliss-reactive ketones (excluding diaryl/α,β-unsaturated/α-hetero) is 1. The molecule has 1 unspecified atom stereocenters. The van der Waals surface area contributed by atoms with Crippen LogP contribution in [0, 0.1) is 0 Å². The Labute approximate surface area is 215 Å². The SMILES string of the molecule is COc1cc(Cl)cc2cc(C(=O)C3=C(O)C(=O)N(CCN(C)C)C3c3ccc(C(C)(C)C)cc3)oc12. The molecule has 0 bridgehead atoms. The number of amides is 1. The fourth-order valence-corrected chi connectivity index (χ4v) is 4.63. The molecule has 190 valence electrons. The molecule has 7 nitrogen and oxygen atoms in total. The molecule has 0 saturated heterocycles. The van der Waals surface area contributed by atoms with E-state index < -0.39 is 23.5 Å². The first-order chi connectivity index (χ1) is 16.9. The van der Waals surface area contributed by atoms with Crippen molar-refractivity contribution in [2.75, 3.05) is 34.3 Å². The minimum absolute atomic E-state index is 0.00798. The molecule has 2 aromatic carbocycles. The molecule has 1 atom stereocenters. The molecule has 1 N–H and O–H groups in total. The van der Waals surface area contributed by atoms with E-state index in [2.05, 4.69) is 20.8 Å². The normalized spacial score (nSPS) is 16.5. The second kappa shape index (κ2) is 9.64. The molecule has 36 heavy (non-hydrogen) atoms. The summed E-state index contributed by atoms with van der Waals surface area (Å²) in [6.07, 6.45) is 0. The highest BCUT2D eigenvalue weighted by Gasteiger charge is 2.44. The van der Waals surface area contributed by atoms with E-state index in [0.717, 1.165) is 11.1 Å². The zero-order chi connectivity index (χ0) is 26.4. The molecular formula is C28H31ClN2O5. The van der Waals surface area contributed by atoms with Crippen LogP contribution >= 0.6 is 11.6 Å². The summed E-state index contributed by atoms with van der Waals surface area (Å²) in [7, 11) is 5.29. The molecule has 4 rings (SSSR count). The third kappa shape index (κ3) is 4.73. The maximum Gasteiger partial charge on any atom is 0.290 e. The Morgan fingerprint density at radius 2 is 1.83 bits per heavy atom. The molecule has 0 spiro atoms. The zero-order valence-corrected chi connectivity index (χ0v) is 22.1. The lowest BCUT2D eigenvalue weighted by molar-refractivity contribution is -0.129. The van der Waals surface area contributed by atoms with Crippen molar-refractivity contribution in [2.45, 2.75) is 32.2 Å². The lowest BCUT2D eigenvalue weighted by atomic mass is 9.85. The molecule has 1 aliphatic heterocycles. The van der Waals surface area contributed by atoms with Crippen LogP contribution in [0.2, 0.25) is 5.02 Å². The van der Waals surface area contributed by atoms with Crippen LogP contribution in [-0.4, -0.2) is 60.9 Å². The fraction of sp³-hybridized carbons (Fsp3) is 0.357. The molecule has 1 aliphatic rings. The van der Waals surface area contributed by atoms with Gasteiger partial charge < -0.3 is 24.1 Å². The minimum Gasteiger partial charge on any atom is -0.503 e. The number of hydrogen-bond acceptors (Lipinski definition) is 6. The molecule has 0 fully saturated rings. The minimum atomic E-state index is -0.752. The van der Waals surface area contributed by atoms with Crippen molar-refractivity contribution in [2.24, 2.45) is 0 Å². The third-order valence-corrected chi connectivity index (χ3v) is 6.64. The van der Waals surface area contributed by atoms with Gasteiger partial charge in [-0.15, -0.1) is 0 Å². The summed E-state index contributed by atoms with van der Waals surface area (Å²) in [5.74, 6) is -1.33. The van der Waals surface area contributed by atoms with E-state index in [-0.39, 0.29) is 16.7 Å². The number of hydrogen-bond donors (Lipinski definition) is 1. The van der Waals surface area contributed by atoms with Gasteiger partial charge in [0.05, 0.1) is 18.7 Å². The average molecular weight is 511 g/mol. The monoisotopic (exact) mass is 510 g/mol. The number of carbonyl (C=O) groups is 2. The predicted octanol–water partition coefficient (Wildman–Crippen LogP) is 5.53. The number of fused-ring (bicyclic) bond motifs is 1. The number of nitrogens with zero attached hydrogens (tertiary/aromatic N) is 2. The number of ether oxygens (including phenoxy) is 1. The van der Waals surface area contributed by atoms with Gasteiger partial charge in [0.15, 0.2) is 22.9 Å². The number of benzene rings is 2. The van der Waals surface area contributed by atoms with E-state index in [1.54, 1.807) is 18.2 Å². The number of rotatable bonds is 7. The van der Waals surface area contributed by atoms with Crippen molar-refractivity contribution in [3.8, 4) is 5.75 Å². The first kappa shape index (κ1) is 25.8. The van der Waals surface area contributed by atoms with E-state index in [9.17, 15) is 14.7 Å². The Morgan fingerprint density at radius 3 is 2.42 bits per heavy atom. The van der Waals surface area contributed by atoms with Gasteiger partial charge >= 0.3 is 0 Å². The van der Waals surface area contributed by atoms with Crippen molar-refractivity contribution in [1.82, 2.24) is 9.80 Å². The molecule has 2 heterocycles. The molecule has 0 aliphatic carbocycles. The standard InChI is InChI=1S/C28H31ClN2O5/c1-28(2,3)18-9-7-16(8-10-18)23-22(25(33)27(34)31(23)12-11-30(4)5)24(32)20-14-17-13-19(29)15-21(35-6)26(17)36-20/h7-10,13-15,23,33H,11-12H2,1-6H3. The molecule has 0 saturated carbocycles. The van der Waals surface area contributed by atoms with Crippen LogP contribution in [0.25, 0.3) is 11.0 Å². The summed E-state index contributed by atoms with van der Waals surface area (Å²) in [5, 5.41) is 11.9. The van der Waals surface area contributed by atoms with Crippen LogP contribution in [0.5, 0.6) is 5.75 Å². The predicted molar refractivity (Wildman–Crippen MR) is 140 cm³/mol. The van der Waals surface area contributed by atoms with Crippen LogP contribution in [-0.2, 0) is 10.2 Å². The van der Waals surface area contributed by atoms with Crippen LogP contribution in [0.4, 0.5) is 0 Å². The van der Waals surface area contributed by atoms with Gasteiger partial charge in [0.2, 0.25) is 5.78 Å². The number of halogens is 1. The number of ketones is 1. The lowest BCUT2D eigenvalue weighted by Gasteiger charge is -2.28. The highest BCUT2D eigenvalue weighted by molar-refractivity contribution is 6.31. The Balaban J connectivity index is 1.80. The summed E-state index contributed by atoms with van der Waals surface area (Å²) in [4.78, 5) is 30.4. The van der Waals surface area contributed by atoms with E-state index >= 15 is 0 Å². The van der Waals surface area contributed by atoms with Gasteiger partial charge in [-0.05, 0) is 42.8 Å². The highest BCUT2D eigenvalue weighted by atomic mass is 35.5. The number of furan rings is 1. The topological polar surface area (TPSA) is 83.2 Å². The molecule has 3 aromatic rings. The van der Waals surface area contributed by atoms with Gasteiger partial charge in [0.1, 0.15) is 0 Å². The Bertz CT molecular complexity index is 1350. The van der Waals surface area contributed by atoms with Crippen LogP contribution in [0.1, 0.15) is 48.5 Å². The first-order valence-corrected chi connectivity index (χ1v) is 12.1. The molecular weight excluding hydrogens is 480 g/mol. The van der Waals surface area contributed by atoms with Crippen molar-refractivity contribution in [3.05, 3.63) is 75.7 Å². The largest absolute Gasteiger partial charge is 0.503 e. The van der Waals surface area contributed by atoms with Crippen molar-refractivity contribution in [3.63, 3.8) is 0 Å². The molecule has 0 radical (unpaired) electrons. The van der Waals surface area contributed by atoms with Gasteiger partial charge in [-0.3, -0.25) is 9.59 Å². The molecule has 1 amide bonds. The Morgan fingerprint density at radius 1 is 1.17 bits per heavy atom. The third-order valence-electron chi connectivity index (χ3n) is 6.42. The lowest BCUT2D eigenvalue weighted by Crippen LogP contribution is -2.36. The summed E-state index contributed by atoms with van der Waals surface area (Å²) in [6, 6.07) is 11.9. The quantitative estimate of drug-likeness (QED) is 0.421. The van der Waals surface area contributed by atoms with Crippen molar-refractivity contribution < 1.29 is 23.8 Å². The maximum absolute atomic E-state index is 13.8. The Hall–Kier alpha value is -3.29. The van der Waals surface area contributed by atoms with Gasteiger partial charge in [0.25, 0.3) is 5.91 Å². The van der Waals surface area contributed by atoms with E-state index in [0.29, 0.717) is 34.8 Å². The number of carbonyl (C=O) groups excluding carboxylic acids is 2. The number of aliphatic hydroxyl groups is 1. The van der Waals surface area contributed by atoms with Crippen LogP contribution in [0.15, 0.2) is 58.2 Å². The van der Waals surface area contributed by atoms with E-state index in [4.69, 9.17) is 20.8 Å². The smallest absolute Gasteiger partial charge is 0.290 e. The fourth-order valence-electron chi connectivity index (χ4n) is 4.42. The van der Waals surface area contributed by atoms with Crippen LogP contribution < -0.4 is 4.74 Å². The molecule has 8 heteroatoms. The molecule has 1 aromatic heterocycles. The maximum atomic E-state index is 13.8. The number of methoxy groups -OCH3 is 1. The zero-order valence-electron chi connectivity index (χ0n) is 21.4. The highest BCUT2D eigenvalue weighted by Crippen LogP contribution is 2.41. The van der Waals surface area contributed by atoms with E-state index in [1.165, 1.54) is 12.0 Å². The number of aliphatic hydroxyl groups excluding tert-OH is 1. The summed E-state index contributed by atoms with van der Waals surface area (Å²) < 4.78 is 11.2. The second-order valence-corrected chi connectivity index (χ2v) is 10.7. The Kier molecular flexibility index (Phi) is 6.90. The van der Waals surface area contributed by atoms with Crippen LogP contribution in [0.3, 0.4) is 0 Å². The van der Waals surface area contributed by atoms with E-state index in [1.807, 2.05) is 43.3 Å². The number of likely N-dealkylation sites (N-methyl/N-ethyl adjacent to an activating group) is 1. The average Bonchev–Trinajstić information content (AvgIpc) is 3.35. The first-order valence-electron chi connectivity index (χ1n) is 11.7. The van der Waals surface area contributed by atoms with Gasteiger partial charge in [-0.1, -0.05) is 56.6 Å².